The van der Waals surface area contributed by atoms with Gasteiger partial charge in [0.15, 0.2) is 0 Å². The van der Waals surface area contributed by atoms with E-state index < -0.39 is 0 Å². The molecule has 1 aliphatic rings. The van der Waals surface area contributed by atoms with Crippen LogP contribution in [-0.4, -0.2) is 37.0 Å². The van der Waals surface area contributed by atoms with E-state index in [0.717, 1.165) is 25.9 Å². The summed E-state index contributed by atoms with van der Waals surface area (Å²) in [6.07, 6.45) is 2.03. The molecule has 1 aliphatic heterocycles. The Labute approximate surface area is 120 Å². The van der Waals surface area contributed by atoms with Crippen molar-refractivity contribution in [2.75, 3.05) is 20.1 Å². The van der Waals surface area contributed by atoms with Gasteiger partial charge in [0.2, 0.25) is 0 Å². The maximum Gasteiger partial charge on any atom is 0.254 e. The first-order chi connectivity index (χ1) is 8.63. The third-order valence-corrected chi connectivity index (χ3v) is 4.12. The van der Waals surface area contributed by atoms with Crippen molar-refractivity contribution < 1.29 is 9.18 Å². The van der Waals surface area contributed by atoms with E-state index in [1.165, 1.54) is 6.07 Å². The largest absolute Gasteiger partial charge is 0.334 e. The van der Waals surface area contributed by atoms with Crippen molar-refractivity contribution in [3.63, 3.8) is 0 Å². The molecule has 1 atom stereocenters. The minimum Gasteiger partial charge on any atom is -0.334 e. The van der Waals surface area contributed by atoms with Crippen molar-refractivity contribution in [2.24, 2.45) is 0 Å². The van der Waals surface area contributed by atoms with Crippen molar-refractivity contribution in [3.8, 4) is 0 Å². The number of nitrogens with zero attached hydrogens (tertiary/aromatic N) is 1. The van der Waals surface area contributed by atoms with Gasteiger partial charge >= 0.3 is 0 Å². The third-order valence-electron chi connectivity index (χ3n) is 3.24. The summed E-state index contributed by atoms with van der Waals surface area (Å²) < 4.78 is 14.0. The zero-order valence-electron chi connectivity index (χ0n) is 10.2. The van der Waals surface area contributed by atoms with E-state index in [4.69, 9.17) is 0 Å². The number of halogens is 2. The molecule has 1 heterocycles. The van der Waals surface area contributed by atoms with E-state index in [-0.39, 0.29) is 17.8 Å². The molecule has 1 saturated heterocycles. The lowest BCUT2D eigenvalue weighted by Gasteiger charge is -2.24. The molecule has 1 aromatic carbocycles. The summed E-state index contributed by atoms with van der Waals surface area (Å²) >= 11 is 1.92. The number of likely N-dealkylation sites (tertiary alicyclic amines) is 1. The molecule has 1 aromatic rings. The van der Waals surface area contributed by atoms with Gasteiger partial charge in [0, 0.05) is 28.3 Å². The van der Waals surface area contributed by atoms with E-state index in [9.17, 15) is 9.18 Å². The molecule has 98 valence electrons. The summed E-state index contributed by atoms with van der Waals surface area (Å²) in [5.74, 6) is -0.395. The second kappa shape index (κ2) is 5.97. The fourth-order valence-electron chi connectivity index (χ4n) is 2.35. The molecule has 5 heteroatoms. The summed E-state index contributed by atoms with van der Waals surface area (Å²) in [7, 11) is 1.88. The van der Waals surface area contributed by atoms with E-state index >= 15 is 0 Å². The standard InChI is InChI=1S/C13H16FIN2O/c1-16-8-10-3-2-6-17(10)13(18)9-4-5-12(15)11(14)7-9/h4-5,7,10,16H,2-3,6,8H2,1H3. The zero-order valence-corrected chi connectivity index (χ0v) is 12.4. The van der Waals surface area contributed by atoms with Crippen LogP contribution < -0.4 is 5.32 Å². The average molecular weight is 362 g/mol. The predicted molar refractivity (Wildman–Crippen MR) is 77.1 cm³/mol. The van der Waals surface area contributed by atoms with Crippen LogP contribution in [0, 0.1) is 9.39 Å². The number of carbonyl (C=O) groups is 1. The number of carbonyl (C=O) groups excluding carboxylic acids is 1. The summed E-state index contributed by atoms with van der Waals surface area (Å²) in [6.45, 7) is 1.55. The summed E-state index contributed by atoms with van der Waals surface area (Å²) in [6, 6.07) is 4.90. The molecule has 0 aromatic heterocycles. The molecule has 2 rings (SSSR count). The number of nitrogens with one attached hydrogen (secondary N) is 1. The monoisotopic (exact) mass is 362 g/mol. The fourth-order valence-corrected chi connectivity index (χ4v) is 2.68. The lowest BCUT2D eigenvalue weighted by atomic mass is 10.1. The minimum absolute atomic E-state index is 0.0666. The highest BCUT2D eigenvalue weighted by atomic mass is 127. The second-order valence-corrected chi connectivity index (χ2v) is 5.64. The molecule has 1 N–H and O–H groups in total. The Hall–Kier alpha value is -0.690. The van der Waals surface area contributed by atoms with Crippen LogP contribution in [0.5, 0.6) is 0 Å². The first kappa shape index (κ1) is 13.7. The van der Waals surface area contributed by atoms with Gasteiger partial charge in [-0.2, -0.15) is 0 Å². The Kier molecular flexibility index (Phi) is 4.55. The Balaban J connectivity index is 2.17. The van der Waals surface area contributed by atoms with Gasteiger partial charge in [-0.25, -0.2) is 4.39 Å². The predicted octanol–water partition coefficient (Wildman–Crippen LogP) is 2.25. The number of rotatable bonds is 3. The van der Waals surface area contributed by atoms with E-state index in [2.05, 4.69) is 5.32 Å². The van der Waals surface area contributed by atoms with Gasteiger partial charge in [0.05, 0.1) is 0 Å². The second-order valence-electron chi connectivity index (χ2n) is 4.48. The van der Waals surface area contributed by atoms with Gasteiger partial charge in [-0.3, -0.25) is 4.79 Å². The van der Waals surface area contributed by atoms with Gasteiger partial charge in [0.1, 0.15) is 5.82 Å². The van der Waals surface area contributed by atoms with Crippen molar-refractivity contribution in [1.82, 2.24) is 10.2 Å². The van der Waals surface area contributed by atoms with Gasteiger partial charge < -0.3 is 10.2 Å². The van der Waals surface area contributed by atoms with Gasteiger partial charge in [0.25, 0.3) is 5.91 Å². The highest BCUT2D eigenvalue weighted by Gasteiger charge is 2.28. The molecule has 1 unspecified atom stereocenters. The van der Waals surface area contributed by atoms with Crippen LogP contribution in [0.2, 0.25) is 0 Å². The number of hydrogen-bond acceptors (Lipinski definition) is 2. The Bertz CT molecular complexity index is 453. The Morgan fingerprint density at radius 3 is 3.06 bits per heavy atom. The van der Waals surface area contributed by atoms with E-state index in [0.29, 0.717) is 9.13 Å². The molecule has 0 bridgehead atoms. The van der Waals surface area contributed by atoms with Crippen molar-refractivity contribution in [3.05, 3.63) is 33.1 Å². The molecule has 0 saturated carbocycles. The molecular weight excluding hydrogens is 346 g/mol. The van der Waals surface area contributed by atoms with Crippen molar-refractivity contribution in [1.29, 1.82) is 0 Å². The average Bonchev–Trinajstić information content (AvgIpc) is 2.80. The van der Waals surface area contributed by atoms with Gasteiger partial charge in [-0.1, -0.05) is 0 Å². The SMILES string of the molecule is CNCC1CCCN1C(=O)c1ccc(I)c(F)c1. The molecule has 3 nitrogen and oxygen atoms in total. The van der Waals surface area contributed by atoms with Crippen LogP contribution in [0.4, 0.5) is 4.39 Å². The maximum atomic E-state index is 13.5. The highest BCUT2D eigenvalue weighted by molar-refractivity contribution is 14.1. The Morgan fingerprint density at radius 2 is 2.39 bits per heavy atom. The summed E-state index contributed by atoms with van der Waals surface area (Å²) in [4.78, 5) is 14.2. The molecule has 18 heavy (non-hydrogen) atoms. The molecule has 1 fully saturated rings. The van der Waals surface area contributed by atoms with Crippen LogP contribution in [0.1, 0.15) is 23.2 Å². The first-order valence-corrected chi connectivity index (χ1v) is 7.12. The lowest BCUT2D eigenvalue weighted by molar-refractivity contribution is 0.0736. The van der Waals surface area contributed by atoms with Crippen LogP contribution in [0.15, 0.2) is 18.2 Å². The lowest BCUT2D eigenvalue weighted by Crippen LogP contribution is -2.40. The van der Waals surface area contributed by atoms with Gasteiger partial charge in [-0.15, -0.1) is 0 Å². The van der Waals surface area contributed by atoms with E-state index in [1.54, 1.807) is 12.1 Å². The highest BCUT2D eigenvalue weighted by Crippen LogP contribution is 2.21. The maximum absolute atomic E-state index is 13.5. The topological polar surface area (TPSA) is 32.3 Å². The van der Waals surface area contributed by atoms with Crippen molar-refractivity contribution >= 4 is 28.5 Å². The number of amides is 1. The first-order valence-electron chi connectivity index (χ1n) is 6.04. The van der Waals surface area contributed by atoms with Gasteiger partial charge in [-0.05, 0) is 60.7 Å². The Morgan fingerprint density at radius 1 is 1.61 bits per heavy atom. The summed E-state index contributed by atoms with van der Waals surface area (Å²) in [5.41, 5.74) is 0.441. The van der Waals surface area contributed by atoms with Crippen LogP contribution in [0.25, 0.3) is 0 Å². The fraction of sp³-hybridized carbons (Fsp3) is 0.462. The normalized spacial score (nSPS) is 19.3. The molecular formula is C13H16FIN2O. The number of hydrogen-bond donors (Lipinski definition) is 1. The molecule has 0 aliphatic carbocycles. The smallest absolute Gasteiger partial charge is 0.254 e. The summed E-state index contributed by atoms with van der Waals surface area (Å²) in [5, 5.41) is 3.10. The van der Waals surface area contributed by atoms with Crippen molar-refractivity contribution in [2.45, 2.75) is 18.9 Å². The minimum atomic E-state index is -0.328. The van der Waals surface area contributed by atoms with E-state index in [1.807, 2.05) is 34.5 Å². The van der Waals surface area contributed by atoms with Crippen LogP contribution >= 0.6 is 22.6 Å². The zero-order chi connectivity index (χ0) is 13.1. The number of benzene rings is 1. The molecule has 0 spiro atoms. The van der Waals surface area contributed by atoms with Crippen LogP contribution in [0.3, 0.4) is 0 Å². The third kappa shape index (κ3) is 2.83. The number of likely N-dealkylation sites (N-methyl/N-ethyl adjacent to an activating group) is 1. The van der Waals surface area contributed by atoms with Crippen LogP contribution in [-0.2, 0) is 0 Å². The molecule has 1 amide bonds. The molecule has 0 radical (unpaired) electrons. The quantitative estimate of drug-likeness (QED) is 0.837.